The van der Waals surface area contributed by atoms with Crippen molar-refractivity contribution in [2.24, 2.45) is 0 Å². The topological polar surface area (TPSA) is 110 Å². The third kappa shape index (κ3) is 2.88. The SMILES string of the molecule is COC(=O)c1ccccc1NC(=O)Cn1c(=O)c2ccccc2[n+]2[nH]ncc12. The molecule has 0 fully saturated rings. The van der Waals surface area contributed by atoms with Gasteiger partial charge in [0.25, 0.3) is 11.6 Å². The van der Waals surface area contributed by atoms with Crippen LogP contribution in [0.15, 0.2) is 59.5 Å². The van der Waals surface area contributed by atoms with E-state index in [9.17, 15) is 14.4 Å². The summed E-state index contributed by atoms with van der Waals surface area (Å²) in [6.45, 7) is -0.248. The van der Waals surface area contributed by atoms with Crippen LogP contribution < -0.4 is 15.4 Å². The average molecular weight is 378 g/mol. The number of amides is 1. The predicted molar refractivity (Wildman–Crippen MR) is 99.9 cm³/mol. The van der Waals surface area contributed by atoms with Crippen molar-refractivity contribution in [2.45, 2.75) is 6.54 Å². The number of rotatable bonds is 4. The maximum Gasteiger partial charge on any atom is 0.339 e. The maximum absolute atomic E-state index is 12.9. The van der Waals surface area contributed by atoms with Crippen LogP contribution in [0.5, 0.6) is 0 Å². The highest BCUT2D eigenvalue weighted by Crippen LogP contribution is 2.16. The zero-order chi connectivity index (χ0) is 19.7. The average Bonchev–Trinajstić information content (AvgIpc) is 3.21. The van der Waals surface area contributed by atoms with Gasteiger partial charge < -0.3 is 10.1 Å². The molecule has 0 aliphatic carbocycles. The summed E-state index contributed by atoms with van der Waals surface area (Å²) in [4.78, 5) is 37.4. The van der Waals surface area contributed by atoms with Crippen molar-refractivity contribution >= 4 is 34.1 Å². The minimum atomic E-state index is -0.563. The second-order valence-electron chi connectivity index (χ2n) is 6.05. The monoisotopic (exact) mass is 378 g/mol. The van der Waals surface area contributed by atoms with Crippen molar-refractivity contribution in [1.29, 1.82) is 0 Å². The third-order valence-electron chi connectivity index (χ3n) is 4.37. The number of nitrogens with one attached hydrogen (secondary N) is 2. The van der Waals surface area contributed by atoms with Crippen LogP contribution in [-0.2, 0) is 16.1 Å². The molecule has 2 aromatic heterocycles. The molecule has 2 N–H and O–H groups in total. The quantitative estimate of drug-likeness (QED) is 0.405. The molecule has 28 heavy (non-hydrogen) atoms. The van der Waals surface area contributed by atoms with Gasteiger partial charge in [0.15, 0.2) is 6.54 Å². The van der Waals surface area contributed by atoms with Gasteiger partial charge in [0, 0.05) is 0 Å². The largest absolute Gasteiger partial charge is 0.465 e. The number of aromatic nitrogens is 4. The Morgan fingerprint density at radius 1 is 1.18 bits per heavy atom. The molecule has 2 heterocycles. The summed E-state index contributed by atoms with van der Waals surface area (Å²) in [5.74, 6) is -1.02. The molecule has 0 atom stereocenters. The molecule has 140 valence electrons. The van der Waals surface area contributed by atoms with Crippen LogP contribution in [0.3, 0.4) is 0 Å². The molecule has 0 saturated heterocycles. The van der Waals surface area contributed by atoms with E-state index in [4.69, 9.17) is 4.74 Å². The molecule has 0 saturated carbocycles. The number of esters is 1. The molecule has 0 unspecified atom stereocenters. The van der Waals surface area contributed by atoms with Crippen molar-refractivity contribution < 1.29 is 18.8 Å². The molecule has 0 aliphatic heterocycles. The fourth-order valence-corrected chi connectivity index (χ4v) is 3.09. The number of methoxy groups -OCH3 is 1. The van der Waals surface area contributed by atoms with Gasteiger partial charge >= 0.3 is 11.5 Å². The van der Waals surface area contributed by atoms with E-state index >= 15 is 0 Å². The second kappa shape index (κ2) is 6.95. The van der Waals surface area contributed by atoms with Gasteiger partial charge in [-0.15, -0.1) is 9.73 Å². The molecule has 0 spiro atoms. The van der Waals surface area contributed by atoms with Crippen LogP contribution >= 0.6 is 0 Å². The summed E-state index contributed by atoms with van der Waals surface area (Å²) in [7, 11) is 1.27. The minimum Gasteiger partial charge on any atom is -0.465 e. The first kappa shape index (κ1) is 17.4. The molecule has 0 bridgehead atoms. The molecule has 0 radical (unpaired) electrons. The van der Waals surface area contributed by atoms with E-state index in [2.05, 4.69) is 15.6 Å². The molecular weight excluding hydrogens is 362 g/mol. The van der Waals surface area contributed by atoms with E-state index in [0.29, 0.717) is 22.2 Å². The lowest BCUT2D eigenvalue weighted by Gasteiger charge is -2.10. The fourth-order valence-electron chi connectivity index (χ4n) is 3.09. The van der Waals surface area contributed by atoms with E-state index in [1.54, 1.807) is 47.0 Å². The van der Waals surface area contributed by atoms with Crippen molar-refractivity contribution in [3.05, 3.63) is 70.6 Å². The molecule has 4 rings (SSSR count). The van der Waals surface area contributed by atoms with Gasteiger partial charge in [0.1, 0.15) is 5.52 Å². The Hall–Kier alpha value is -4.01. The van der Waals surface area contributed by atoms with Crippen LogP contribution in [0, 0.1) is 0 Å². The van der Waals surface area contributed by atoms with Crippen molar-refractivity contribution in [1.82, 2.24) is 14.9 Å². The van der Waals surface area contributed by atoms with E-state index < -0.39 is 11.9 Å². The lowest BCUT2D eigenvalue weighted by Crippen LogP contribution is -2.37. The van der Waals surface area contributed by atoms with E-state index in [1.165, 1.54) is 17.9 Å². The number of anilines is 1. The van der Waals surface area contributed by atoms with Gasteiger partial charge in [0.05, 0.1) is 23.7 Å². The summed E-state index contributed by atoms with van der Waals surface area (Å²) in [6.07, 6.45) is 1.48. The first-order chi connectivity index (χ1) is 13.6. The first-order valence-corrected chi connectivity index (χ1v) is 8.44. The molecule has 0 aliphatic rings. The Kier molecular flexibility index (Phi) is 4.32. The second-order valence-corrected chi connectivity index (χ2v) is 6.05. The normalized spacial score (nSPS) is 10.9. The van der Waals surface area contributed by atoms with Crippen LogP contribution in [0.2, 0.25) is 0 Å². The zero-order valence-corrected chi connectivity index (χ0v) is 14.9. The number of aromatic amines is 1. The third-order valence-corrected chi connectivity index (χ3v) is 4.37. The lowest BCUT2D eigenvalue weighted by molar-refractivity contribution is -0.557. The number of benzene rings is 2. The number of hydrogen-bond acceptors (Lipinski definition) is 5. The van der Waals surface area contributed by atoms with Crippen molar-refractivity contribution in [3.63, 3.8) is 0 Å². The summed E-state index contributed by atoms with van der Waals surface area (Å²) in [5.41, 5.74) is 1.33. The summed E-state index contributed by atoms with van der Waals surface area (Å²) < 4.78 is 7.68. The summed E-state index contributed by atoms with van der Waals surface area (Å²) >= 11 is 0. The number of ether oxygens (including phenoxy) is 1. The summed E-state index contributed by atoms with van der Waals surface area (Å²) in [5, 5.41) is 9.90. The maximum atomic E-state index is 12.9. The van der Waals surface area contributed by atoms with Gasteiger partial charge in [-0.2, -0.15) is 0 Å². The minimum absolute atomic E-state index is 0.229. The zero-order valence-electron chi connectivity index (χ0n) is 14.9. The Bertz CT molecular complexity index is 1270. The van der Waals surface area contributed by atoms with Crippen molar-refractivity contribution in [2.75, 3.05) is 12.4 Å². The first-order valence-electron chi connectivity index (χ1n) is 8.44. The van der Waals surface area contributed by atoms with Gasteiger partial charge in [-0.3, -0.25) is 9.59 Å². The van der Waals surface area contributed by atoms with Gasteiger partial charge in [-0.05, 0) is 29.4 Å². The fraction of sp³-hybridized carbons (Fsp3) is 0.105. The smallest absolute Gasteiger partial charge is 0.339 e. The highest BCUT2D eigenvalue weighted by molar-refractivity contribution is 6.01. The predicted octanol–water partition coefficient (Wildman–Crippen LogP) is 0.889. The standard InChI is InChI=1S/C19H15N5O4/c1-28-19(27)12-6-2-4-8-14(12)21-16(25)11-23-17-10-20-22-24(17)15-9-5-3-7-13(15)18(23)26/h2-10H,11H2,1H3,(H,21,25,27)/p+1. The molecular formula is C19H16N5O4+. The Balaban J connectivity index is 1.72. The number of nitrogens with zero attached hydrogens (tertiary/aromatic N) is 3. The molecule has 4 aromatic rings. The lowest BCUT2D eigenvalue weighted by atomic mass is 10.2. The highest BCUT2D eigenvalue weighted by atomic mass is 16.5. The number of fused-ring (bicyclic) bond motifs is 3. The number of carbonyl (C=O) groups excluding carboxylic acids is 2. The summed E-state index contributed by atoms with van der Waals surface area (Å²) in [6, 6.07) is 13.5. The molecule has 9 heteroatoms. The molecule has 2 aromatic carbocycles. The molecule has 9 nitrogen and oxygen atoms in total. The van der Waals surface area contributed by atoms with E-state index in [0.717, 1.165) is 0 Å². The van der Waals surface area contributed by atoms with E-state index in [-0.39, 0.29) is 17.7 Å². The Morgan fingerprint density at radius 2 is 1.93 bits per heavy atom. The van der Waals surface area contributed by atoms with E-state index in [1.807, 2.05) is 6.07 Å². The van der Waals surface area contributed by atoms with Crippen LogP contribution in [0.1, 0.15) is 10.4 Å². The molecule has 1 amide bonds. The highest BCUT2D eigenvalue weighted by Gasteiger charge is 2.21. The van der Waals surface area contributed by atoms with Crippen LogP contribution in [0.25, 0.3) is 16.6 Å². The van der Waals surface area contributed by atoms with Crippen LogP contribution in [-0.4, -0.2) is 33.9 Å². The number of para-hydroxylation sites is 2. The Labute approximate surface area is 158 Å². The van der Waals surface area contributed by atoms with Gasteiger partial charge in [-0.1, -0.05) is 24.3 Å². The number of carbonyl (C=O) groups is 2. The number of hydrogen-bond donors (Lipinski definition) is 2. The van der Waals surface area contributed by atoms with Gasteiger partial charge in [0.2, 0.25) is 6.20 Å². The number of H-pyrrole nitrogens is 1. The van der Waals surface area contributed by atoms with Crippen LogP contribution in [0.4, 0.5) is 5.69 Å². The van der Waals surface area contributed by atoms with Crippen molar-refractivity contribution in [3.8, 4) is 0 Å². The van der Waals surface area contributed by atoms with Gasteiger partial charge in [-0.25, -0.2) is 9.36 Å². The Morgan fingerprint density at radius 3 is 2.75 bits per heavy atom.